The third-order valence-corrected chi connectivity index (χ3v) is 4.08. The van der Waals surface area contributed by atoms with Crippen LogP contribution in [0.1, 0.15) is 46.0 Å². The van der Waals surface area contributed by atoms with Gasteiger partial charge in [0.2, 0.25) is 0 Å². The average molecular weight is 268 g/mol. The van der Waals surface area contributed by atoms with Gasteiger partial charge in [0, 0.05) is 6.54 Å². The van der Waals surface area contributed by atoms with Gasteiger partial charge in [0.15, 0.2) is 0 Å². The molecule has 0 radical (unpaired) electrons. The van der Waals surface area contributed by atoms with E-state index in [-0.39, 0.29) is 0 Å². The molecular formula is C14H22ClN3. The van der Waals surface area contributed by atoms with Crippen molar-refractivity contribution in [2.45, 2.75) is 46.0 Å². The first-order valence-electron chi connectivity index (χ1n) is 6.81. The molecule has 1 aliphatic carbocycles. The van der Waals surface area contributed by atoms with Crippen molar-refractivity contribution in [1.29, 1.82) is 0 Å². The minimum absolute atomic E-state index is 0.433. The minimum Gasteiger partial charge on any atom is -0.368 e. The van der Waals surface area contributed by atoms with E-state index in [0.29, 0.717) is 10.4 Å². The normalized spacial score (nSPS) is 18.2. The van der Waals surface area contributed by atoms with Gasteiger partial charge < -0.3 is 5.32 Å². The van der Waals surface area contributed by atoms with E-state index in [1.165, 1.54) is 38.4 Å². The Morgan fingerprint density at radius 1 is 1.39 bits per heavy atom. The molecular weight excluding hydrogens is 246 g/mol. The second-order valence-corrected chi connectivity index (χ2v) is 6.29. The summed E-state index contributed by atoms with van der Waals surface area (Å²) in [7, 11) is 0. The molecule has 0 atom stereocenters. The monoisotopic (exact) mass is 267 g/mol. The van der Waals surface area contributed by atoms with E-state index in [2.05, 4.69) is 29.1 Å². The van der Waals surface area contributed by atoms with Crippen LogP contribution in [0.5, 0.6) is 0 Å². The van der Waals surface area contributed by atoms with E-state index < -0.39 is 0 Å². The molecule has 100 valence electrons. The van der Waals surface area contributed by atoms with Gasteiger partial charge in [0.1, 0.15) is 17.2 Å². The van der Waals surface area contributed by atoms with Crippen LogP contribution >= 0.6 is 11.6 Å². The Kier molecular flexibility index (Phi) is 4.44. The molecule has 0 spiro atoms. The molecule has 1 heterocycles. The first kappa shape index (κ1) is 13.6. The van der Waals surface area contributed by atoms with E-state index in [9.17, 15) is 0 Å². The van der Waals surface area contributed by atoms with Gasteiger partial charge in [-0.1, -0.05) is 38.3 Å². The summed E-state index contributed by atoms with van der Waals surface area (Å²) in [5.41, 5.74) is 0.433. The van der Waals surface area contributed by atoms with E-state index in [1.807, 2.05) is 0 Å². The van der Waals surface area contributed by atoms with Gasteiger partial charge in [-0.25, -0.2) is 9.97 Å². The smallest absolute Gasteiger partial charge is 0.148 e. The predicted octanol–water partition coefficient (Wildman–Crippen LogP) is 4.15. The van der Waals surface area contributed by atoms with Crippen LogP contribution in [0.15, 0.2) is 12.5 Å². The maximum Gasteiger partial charge on any atom is 0.148 e. The van der Waals surface area contributed by atoms with Crippen molar-refractivity contribution in [3.05, 3.63) is 17.5 Å². The first-order valence-corrected chi connectivity index (χ1v) is 7.18. The second-order valence-electron chi connectivity index (χ2n) is 5.88. The van der Waals surface area contributed by atoms with Crippen molar-refractivity contribution < 1.29 is 0 Å². The van der Waals surface area contributed by atoms with E-state index in [1.54, 1.807) is 6.20 Å². The fourth-order valence-electron chi connectivity index (χ4n) is 3.16. The van der Waals surface area contributed by atoms with Gasteiger partial charge in [-0.15, -0.1) is 0 Å². The molecule has 0 bridgehead atoms. The van der Waals surface area contributed by atoms with Crippen LogP contribution in [0.3, 0.4) is 0 Å². The van der Waals surface area contributed by atoms with Crippen molar-refractivity contribution in [2.75, 3.05) is 11.9 Å². The molecule has 2 rings (SSSR count). The van der Waals surface area contributed by atoms with Crippen molar-refractivity contribution in [3.8, 4) is 0 Å². The molecule has 18 heavy (non-hydrogen) atoms. The first-order chi connectivity index (χ1) is 8.61. The number of hydrogen-bond donors (Lipinski definition) is 1. The maximum absolute atomic E-state index is 6.07. The van der Waals surface area contributed by atoms with Gasteiger partial charge in [-0.05, 0) is 30.6 Å². The largest absolute Gasteiger partial charge is 0.368 e. The highest BCUT2D eigenvalue weighted by Crippen LogP contribution is 2.43. The van der Waals surface area contributed by atoms with Gasteiger partial charge in [-0.2, -0.15) is 0 Å². The number of nitrogens with one attached hydrogen (secondary N) is 1. The molecule has 0 aromatic carbocycles. The number of aromatic nitrogens is 2. The zero-order chi connectivity index (χ0) is 13.0. The van der Waals surface area contributed by atoms with Crippen LogP contribution in [-0.4, -0.2) is 16.5 Å². The highest BCUT2D eigenvalue weighted by atomic mass is 35.5. The maximum atomic E-state index is 6.07. The molecule has 1 aliphatic rings. The van der Waals surface area contributed by atoms with Gasteiger partial charge >= 0.3 is 0 Å². The number of halogens is 1. The fourth-order valence-corrected chi connectivity index (χ4v) is 3.33. The van der Waals surface area contributed by atoms with E-state index >= 15 is 0 Å². The third kappa shape index (κ3) is 3.35. The number of rotatable bonds is 5. The quantitative estimate of drug-likeness (QED) is 0.871. The van der Waals surface area contributed by atoms with Crippen molar-refractivity contribution in [3.63, 3.8) is 0 Å². The summed E-state index contributed by atoms with van der Waals surface area (Å²) in [5.74, 6) is 1.51. The lowest BCUT2D eigenvalue weighted by molar-refractivity contribution is 0.252. The molecule has 1 aromatic heterocycles. The Balaban J connectivity index is 2.00. The topological polar surface area (TPSA) is 37.8 Å². The lowest BCUT2D eigenvalue weighted by Crippen LogP contribution is -2.28. The lowest BCUT2D eigenvalue weighted by atomic mass is 9.78. The average Bonchev–Trinajstić information content (AvgIpc) is 2.76. The molecule has 3 nitrogen and oxygen atoms in total. The second kappa shape index (κ2) is 5.87. The van der Waals surface area contributed by atoms with Gasteiger partial charge in [-0.3, -0.25) is 0 Å². The zero-order valence-electron chi connectivity index (χ0n) is 11.2. The Morgan fingerprint density at radius 2 is 2.11 bits per heavy atom. The SMILES string of the molecule is CC(C)CC1(CNc2ncncc2Cl)CCCC1. The summed E-state index contributed by atoms with van der Waals surface area (Å²) in [6, 6.07) is 0. The highest BCUT2D eigenvalue weighted by molar-refractivity contribution is 6.32. The van der Waals surface area contributed by atoms with Crippen LogP contribution < -0.4 is 5.32 Å². The number of anilines is 1. The number of hydrogen-bond acceptors (Lipinski definition) is 3. The Bertz CT molecular complexity index is 386. The molecule has 0 aliphatic heterocycles. The molecule has 1 aromatic rings. The van der Waals surface area contributed by atoms with Crippen LogP contribution in [0, 0.1) is 11.3 Å². The number of nitrogens with zero attached hydrogens (tertiary/aromatic N) is 2. The summed E-state index contributed by atoms with van der Waals surface area (Å²) in [4.78, 5) is 8.10. The van der Waals surface area contributed by atoms with Crippen LogP contribution in [0.2, 0.25) is 5.02 Å². The summed E-state index contributed by atoms with van der Waals surface area (Å²) < 4.78 is 0. The Hall–Kier alpha value is -0.830. The summed E-state index contributed by atoms with van der Waals surface area (Å²) >= 11 is 6.07. The molecule has 4 heteroatoms. The summed E-state index contributed by atoms with van der Waals surface area (Å²) in [6.45, 7) is 5.58. The van der Waals surface area contributed by atoms with Crippen molar-refractivity contribution >= 4 is 17.4 Å². The van der Waals surface area contributed by atoms with Crippen molar-refractivity contribution in [1.82, 2.24) is 9.97 Å². The highest BCUT2D eigenvalue weighted by Gasteiger charge is 2.34. The molecule has 0 unspecified atom stereocenters. The summed E-state index contributed by atoms with van der Waals surface area (Å²) in [5, 5.41) is 4.02. The van der Waals surface area contributed by atoms with E-state index in [0.717, 1.165) is 18.3 Å². The molecule has 1 N–H and O–H groups in total. The van der Waals surface area contributed by atoms with Crippen LogP contribution in [0.4, 0.5) is 5.82 Å². The van der Waals surface area contributed by atoms with E-state index in [4.69, 9.17) is 11.6 Å². The minimum atomic E-state index is 0.433. The third-order valence-electron chi connectivity index (χ3n) is 3.80. The standard InChI is InChI=1S/C14H22ClN3/c1-11(2)7-14(5-3-4-6-14)9-17-13-12(15)8-16-10-18-13/h8,10-11H,3-7,9H2,1-2H3,(H,16,17,18). The molecule has 0 amide bonds. The fraction of sp³-hybridized carbons (Fsp3) is 0.714. The summed E-state index contributed by atoms with van der Waals surface area (Å²) in [6.07, 6.45) is 9.81. The zero-order valence-corrected chi connectivity index (χ0v) is 12.0. The van der Waals surface area contributed by atoms with Crippen molar-refractivity contribution in [2.24, 2.45) is 11.3 Å². The lowest BCUT2D eigenvalue weighted by Gasteiger charge is -2.31. The van der Waals surface area contributed by atoms with Crippen LogP contribution in [-0.2, 0) is 0 Å². The molecule has 0 saturated heterocycles. The van der Waals surface area contributed by atoms with Gasteiger partial charge in [0.05, 0.1) is 6.20 Å². The Labute approximate surface area is 114 Å². The molecule has 1 fully saturated rings. The predicted molar refractivity (Wildman–Crippen MR) is 75.9 cm³/mol. The van der Waals surface area contributed by atoms with Gasteiger partial charge in [0.25, 0.3) is 0 Å². The van der Waals surface area contributed by atoms with Crippen LogP contribution in [0.25, 0.3) is 0 Å². The molecule has 1 saturated carbocycles. The Morgan fingerprint density at radius 3 is 2.72 bits per heavy atom.